The largest absolute Gasteiger partial charge is 0.497 e. The maximum atomic E-state index is 5.24. The summed E-state index contributed by atoms with van der Waals surface area (Å²) >= 11 is 1.63. The Balaban J connectivity index is 1.87. The number of ether oxygens (including phenoxy) is 1. The molecule has 0 atom stereocenters. The number of thiazole rings is 1. The van der Waals surface area contributed by atoms with Crippen LogP contribution in [0.2, 0.25) is 0 Å². The zero-order valence-corrected chi connectivity index (χ0v) is 12.5. The van der Waals surface area contributed by atoms with Crippen LogP contribution in [0.15, 0.2) is 36.4 Å². The Bertz CT molecular complexity index is 955. The minimum absolute atomic E-state index is 0.816. The van der Waals surface area contributed by atoms with E-state index in [4.69, 9.17) is 4.74 Å². The standard InChI is InChI=1S/C16H13N3OS/c1-9-3-5-11-12(7-9)18-15(17-11)16-19-13-8-10(20-2)4-6-14(13)21-16/h3-8H,1-2H3,(H,17,18). The van der Waals surface area contributed by atoms with Gasteiger partial charge in [-0.1, -0.05) is 6.07 Å². The maximum Gasteiger partial charge on any atom is 0.167 e. The van der Waals surface area contributed by atoms with Crippen LogP contribution in [0.1, 0.15) is 5.56 Å². The molecule has 4 nitrogen and oxygen atoms in total. The van der Waals surface area contributed by atoms with Crippen LogP contribution < -0.4 is 4.74 Å². The molecule has 104 valence electrons. The van der Waals surface area contributed by atoms with E-state index in [9.17, 15) is 0 Å². The molecule has 0 unspecified atom stereocenters. The van der Waals surface area contributed by atoms with Crippen LogP contribution in [0.5, 0.6) is 5.75 Å². The molecule has 21 heavy (non-hydrogen) atoms. The molecule has 1 N–H and O–H groups in total. The molecule has 4 aromatic rings. The van der Waals surface area contributed by atoms with Gasteiger partial charge in [-0.05, 0) is 36.8 Å². The van der Waals surface area contributed by atoms with Gasteiger partial charge in [0, 0.05) is 6.07 Å². The first kappa shape index (κ1) is 12.3. The Hall–Kier alpha value is -2.40. The molecule has 0 radical (unpaired) electrons. The summed E-state index contributed by atoms with van der Waals surface area (Å²) in [6, 6.07) is 12.1. The van der Waals surface area contributed by atoms with E-state index >= 15 is 0 Å². The van der Waals surface area contributed by atoms with Crippen molar-refractivity contribution in [2.24, 2.45) is 0 Å². The zero-order chi connectivity index (χ0) is 14.4. The number of hydrogen-bond acceptors (Lipinski definition) is 4. The summed E-state index contributed by atoms with van der Waals surface area (Å²) in [4.78, 5) is 12.6. The van der Waals surface area contributed by atoms with Crippen molar-refractivity contribution in [2.45, 2.75) is 6.92 Å². The highest BCUT2D eigenvalue weighted by atomic mass is 32.1. The lowest BCUT2D eigenvalue weighted by atomic mass is 10.2. The molecule has 0 amide bonds. The van der Waals surface area contributed by atoms with Crippen molar-refractivity contribution in [2.75, 3.05) is 7.11 Å². The summed E-state index contributed by atoms with van der Waals surface area (Å²) < 4.78 is 6.37. The van der Waals surface area contributed by atoms with Gasteiger partial charge in [-0.3, -0.25) is 0 Å². The second kappa shape index (κ2) is 4.56. The van der Waals surface area contributed by atoms with Gasteiger partial charge in [0.25, 0.3) is 0 Å². The van der Waals surface area contributed by atoms with Crippen LogP contribution in [0.3, 0.4) is 0 Å². The fraction of sp³-hybridized carbons (Fsp3) is 0.125. The van der Waals surface area contributed by atoms with Gasteiger partial charge in [0.05, 0.1) is 28.4 Å². The average Bonchev–Trinajstić information content (AvgIpc) is 3.08. The number of aromatic nitrogens is 3. The lowest BCUT2D eigenvalue weighted by Crippen LogP contribution is -1.81. The predicted octanol–water partition coefficient (Wildman–Crippen LogP) is 4.16. The first-order chi connectivity index (χ1) is 10.2. The summed E-state index contributed by atoms with van der Waals surface area (Å²) in [5.41, 5.74) is 4.16. The van der Waals surface area contributed by atoms with Crippen molar-refractivity contribution < 1.29 is 4.74 Å². The lowest BCUT2D eigenvalue weighted by Gasteiger charge is -1.96. The number of nitrogens with zero attached hydrogens (tertiary/aromatic N) is 2. The normalized spacial score (nSPS) is 11.3. The van der Waals surface area contributed by atoms with E-state index in [0.29, 0.717) is 0 Å². The molecule has 2 heterocycles. The van der Waals surface area contributed by atoms with Gasteiger partial charge < -0.3 is 9.72 Å². The van der Waals surface area contributed by atoms with Gasteiger partial charge in [0.2, 0.25) is 0 Å². The van der Waals surface area contributed by atoms with Crippen molar-refractivity contribution in [3.63, 3.8) is 0 Å². The van der Waals surface area contributed by atoms with E-state index in [-0.39, 0.29) is 0 Å². The number of aromatic amines is 1. The number of rotatable bonds is 2. The van der Waals surface area contributed by atoms with E-state index in [2.05, 4.69) is 34.0 Å². The molecule has 4 rings (SSSR count). The third-order valence-corrected chi connectivity index (χ3v) is 4.48. The van der Waals surface area contributed by atoms with Crippen molar-refractivity contribution in [1.29, 1.82) is 0 Å². The highest BCUT2D eigenvalue weighted by Gasteiger charge is 2.11. The van der Waals surface area contributed by atoms with Crippen molar-refractivity contribution in [3.8, 4) is 16.6 Å². The lowest BCUT2D eigenvalue weighted by molar-refractivity contribution is 0.415. The van der Waals surface area contributed by atoms with Gasteiger partial charge in [-0.15, -0.1) is 11.3 Å². The van der Waals surface area contributed by atoms with E-state index < -0.39 is 0 Å². The SMILES string of the molecule is COc1ccc2sc(-c3nc4ccc(C)cc4[nH]3)nc2c1. The number of benzene rings is 2. The minimum Gasteiger partial charge on any atom is -0.497 e. The first-order valence-electron chi connectivity index (χ1n) is 6.64. The fourth-order valence-electron chi connectivity index (χ4n) is 2.36. The van der Waals surface area contributed by atoms with E-state index in [0.717, 1.165) is 37.8 Å². The molecule has 2 aromatic carbocycles. The molecule has 0 bridgehead atoms. The van der Waals surface area contributed by atoms with Gasteiger partial charge in [0.1, 0.15) is 5.75 Å². The number of fused-ring (bicyclic) bond motifs is 2. The third-order valence-electron chi connectivity index (χ3n) is 3.43. The highest BCUT2D eigenvalue weighted by Crippen LogP contribution is 2.31. The summed E-state index contributed by atoms with van der Waals surface area (Å²) in [5.74, 6) is 1.63. The smallest absolute Gasteiger partial charge is 0.167 e. The summed E-state index contributed by atoms with van der Waals surface area (Å²) in [5, 5.41) is 0.895. The molecular weight excluding hydrogens is 282 g/mol. The molecule has 0 aliphatic carbocycles. The summed E-state index contributed by atoms with van der Waals surface area (Å²) in [6.07, 6.45) is 0. The second-order valence-corrected chi connectivity index (χ2v) is 5.99. The fourth-order valence-corrected chi connectivity index (χ4v) is 3.25. The van der Waals surface area contributed by atoms with Crippen LogP contribution in [-0.2, 0) is 0 Å². The second-order valence-electron chi connectivity index (χ2n) is 4.96. The number of imidazole rings is 1. The van der Waals surface area contributed by atoms with Crippen LogP contribution >= 0.6 is 11.3 Å². The first-order valence-corrected chi connectivity index (χ1v) is 7.46. The molecule has 0 spiro atoms. The number of nitrogens with one attached hydrogen (secondary N) is 1. The maximum absolute atomic E-state index is 5.24. The van der Waals surface area contributed by atoms with Gasteiger partial charge in [0.15, 0.2) is 10.8 Å². The Morgan fingerprint density at radius 2 is 1.95 bits per heavy atom. The van der Waals surface area contributed by atoms with E-state index in [1.165, 1.54) is 5.56 Å². The van der Waals surface area contributed by atoms with Gasteiger partial charge in [-0.2, -0.15) is 0 Å². The van der Waals surface area contributed by atoms with Crippen molar-refractivity contribution >= 4 is 32.6 Å². The van der Waals surface area contributed by atoms with Crippen LogP contribution in [0.4, 0.5) is 0 Å². The molecule has 0 aliphatic rings. The van der Waals surface area contributed by atoms with Crippen LogP contribution in [0.25, 0.3) is 32.1 Å². The van der Waals surface area contributed by atoms with E-state index in [1.807, 2.05) is 24.3 Å². The molecule has 0 fully saturated rings. The molecule has 5 heteroatoms. The summed E-state index contributed by atoms with van der Waals surface area (Å²) in [7, 11) is 1.66. The molecule has 2 aromatic heterocycles. The van der Waals surface area contributed by atoms with E-state index in [1.54, 1.807) is 18.4 Å². The predicted molar refractivity (Wildman–Crippen MR) is 86.0 cm³/mol. The monoisotopic (exact) mass is 295 g/mol. The van der Waals surface area contributed by atoms with Gasteiger partial charge in [-0.25, -0.2) is 9.97 Å². The Labute approximate surface area is 125 Å². The topological polar surface area (TPSA) is 50.8 Å². The Kier molecular flexibility index (Phi) is 2.68. The number of H-pyrrole nitrogens is 1. The number of aryl methyl sites for hydroxylation is 1. The minimum atomic E-state index is 0.816. The van der Waals surface area contributed by atoms with Gasteiger partial charge >= 0.3 is 0 Å². The number of hydrogen-bond donors (Lipinski definition) is 1. The van der Waals surface area contributed by atoms with Crippen molar-refractivity contribution in [1.82, 2.24) is 15.0 Å². The zero-order valence-electron chi connectivity index (χ0n) is 11.7. The third kappa shape index (κ3) is 2.06. The van der Waals surface area contributed by atoms with Crippen molar-refractivity contribution in [3.05, 3.63) is 42.0 Å². The molecule has 0 saturated carbocycles. The number of methoxy groups -OCH3 is 1. The molecule has 0 aliphatic heterocycles. The molecule has 0 saturated heterocycles. The summed E-state index contributed by atoms with van der Waals surface area (Å²) in [6.45, 7) is 2.07. The van der Waals surface area contributed by atoms with Crippen LogP contribution in [-0.4, -0.2) is 22.1 Å². The highest BCUT2D eigenvalue weighted by molar-refractivity contribution is 7.21. The molecular formula is C16H13N3OS. The Morgan fingerprint density at radius 1 is 1.05 bits per heavy atom. The van der Waals surface area contributed by atoms with Crippen LogP contribution in [0, 0.1) is 6.92 Å². The Morgan fingerprint density at radius 3 is 2.81 bits per heavy atom. The average molecular weight is 295 g/mol. The quantitative estimate of drug-likeness (QED) is 0.604.